The number of rotatable bonds is 2. The number of hydrogen-bond acceptors (Lipinski definition) is 1. The van der Waals surface area contributed by atoms with Crippen molar-refractivity contribution in [2.45, 2.75) is 4.90 Å². The Morgan fingerprint density at radius 2 is 2.00 bits per heavy atom. The van der Waals surface area contributed by atoms with Crippen molar-refractivity contribution in [2.24, 2.45) is 0 Å². The third-order valence-corrected chi connectivity index (χ3v) is 3.23. The molecular formula is C7H5BrCl2S. The molecule has 11 heavy (non-hydrogen) atoms. The molecule has 0 atom stereocenters. The van der Waals surface area contributed by atoms with Gasteiger partial charge in [0, 0.05) is 4.90 Å². The average Bonchev–Trinajstić information content (AvgIpc) is 1.98. The van der Waals surface area contributed by atoms with Crippen LogP contribution in [0.15, 0.2) is 23.1 Å². The van der Waals surface area contributed by atoms with Gasteiger partial charge in [-0.2, -0.15) is 0 Å². The molecule has 0 aliphatic rings. The summed E-state index contributed by atoms with van der Waals surface area (Å²) in [6.45, 7) is 0. The number of hydrogen-bond donors (Lipinski definition) is 0. The van der Waals surface area contributed by atoms with E-state index >= 15 is 0 Å². The van der Waals surface area contributed by atoms with Crippen LogP contribution in [0.4, 0.5) is 0 Å². The van der Waals surface area contributed by atoms with Gasteiger partial charge in [-0.25, -0.2) is 0 Å². The Kier molecular flexibility index (Phi) is 4.07. The lowest BCUT2D eigenvalue weighted by atomic mass is 10.4. The SMILES string of the molecule is Clc1ccc(SCBr)cc1Cl. The van der Waals surface area contributed by atoms with E-state index in [0.29, 0.717) is 10.0 Å². The van der Waals surface area contributed by atoms with Gasteiger partial charge in [0.15, 0.2) is 0 Å². The van der Waals surface area contributed by atoms with Gasteiger partial charge in [0.1, 0.15) is 0 Å². The minimum Gasteiger partial charge on any atom is -0.115 e. The van der Waals surface area contributed by atoms with Crippen molar-refractivity contribution in [1.29, 1.82) is 0 Å². The third-order valence-electron chi connectivity index (χ3n) is 1.11. The number of thioether (sulfide) groups is 1. The van der Waals surface area contributed by atoms with Crippen molar-refractivity contribution >= 4 is 50.9 Å². The molecule has 0 nitrogen and oxygen atoms in total. The smallest absolute Gasteiger partial charge is 0.0603 e. The molecule has 0 radical (unpaired) electrons. The van der Waals surface area contributed by atoms with E-state index in [4.69, 9.17) is 23.2 Å². The van der Waals surface area contributed by atoms with Crippen LogP contribution in [-0.4, -0.2) is 4.66 Å². The van der Waals surface area contributed by atoms with Crippen molar-refractivity contribution in [2.75, 3.05) is 4.66 Å². The molecule has 60 valence electrons. The molecule has 0 fully saturated rings. The summed E-state index contributed by atoms with van der Waals surface area (Å²) in [6.07, 6.45) is 0. The first-order chi connectivity index (χ1) is 5.24. The lowest BCUT2D eigenvalue weighted by Gasteiger charge is -1.98. The summed E-state index contributed by atoms with van der Waals surface area (Å²) in [6, 6.07) is 5.60. The van der Waals surface area contributed by atoms with Crippen LogP contribution in [0.2, 0.25) is 10.0 Å². The van der Waals surface area contributed by atoms with Crippen LogP contribution < -0.4 is 0 Å². The summed E-state index contributed by atoms with van der Waals surface area (Å²) in [7, 11) is 0. The molecule has 1 rings (SSSR count). The second-order valence-corrected chi connectivity index (χ2v) is 5.00. The Labute approximate surface area is 88.4 Å². The van der Waals surface area contributed by atoms with Gasteiger partial charge in [0.2, 0.25) is 0 Å². The molecule has 0 spiro atoms. The number of benzene rings is 1. The number of halogens is 3. The zero-order valence-corrected chi connectivity index (χ0v) is 9.40. The first-order valence-electron chi connectivity index (χ1n) is 2.88. The summed E-state index contributed by atoms with van der Waals surface area (Å²) >= 11 is 16.5. The topological polar surface area (TPSA) is 0 Å². The van der Waals surface area contributed by atoms with Crippen LogP contribution in [0.1, 0.15) is 0 Å². The summed E-state index contributed by atoms with van der Waals surface area (Å²) in [5.41, 5.74) is 0. The van der Waals surface area contributed by atoms with E-state index in [2.05, 4.69) is 15.9 Å². The second kappa shape index (κ2) is 4.61. The summed E-state index contributed by atoms with van der Waals surface area (Å²) < 4.78 is 0.866. The van der Waals surface area contributed by atoms with Gasteiger partial charge in [0.25, 0.3) is 0 Å². The van der Waals surface area contributed by atoms with Crippen LogP contribution in [0, 0.1) is 0 Å². The molecule has 1 aromatic rings. The molecule has 0 amide bonds. The maximum Gasteiger partial charge on any atom is 0.0603 e. The van der Waals surface area contributed by atoms with E-state index in [1.165, 1.54) is 0 Å². The highest BCUT2D eigenvalue weighted by atomic mass is 79.9. The molecule has 0 aromatic heterocycles. The van der Waals surface area contributed by atoms with Crippen LogP contribution in [0.25, 0.3) is 0 Å². The molecule has 0 aliphatic carbocycles. The van der Waals surface area contributed by atoms with E-state index in [9.17, 15) is 0 Å². The van der Waals surface area contributed by atoms with E-state index in [-0.39, 0.29) is 0 Å². The largest absolute Gasteiger partial charge is 0.115 e. The van der Waals surface area contributed by atoms with Gasteiger partial charge in [-0.1, -0.05) is 39.1 Å². The normalized spacial score (nSPS) is 10.1. The summed E-state index contributed by atoms with van der Waals surface area (Å²) in [5, 5.41) is 1.21. The van der Waals surface area contributed by atoms with Crippen molar-refractivity contribution in [3.05, 3.63) is 28.2 Å². The van der Waals surface area contributed by atoms with Crippen molar-refractivity contribution < 1.29 is 0 Å². The highest BCUT2D eigenvalue weighted by Crippen LogP contribution is 2.28. The molecule has 0 unspecified atom stereocenters. The highest BCUT2D eigenvalue weighted by Gasteiger charge is 1.98. The zero-order chi connectivity index (χ0) is 8.27. The van der Waals surface area contributed by atoms with Gasteiger partial charge < -0.3 is 0 Å². The maximum absolute atomic E-state index is 5.79. The monoisotopic (exact) mass is 270 g/mol. The van der Waals surface area contributed by atoms with Gasteiger partial charge in [0.05, 0.1) is 14.7 Å². The summed E-state index contributed by atoms with van der Waals surface area (Å²) in [4.78, 5) is 1.12. The molecule has 0 aliphatic heterocycles. The van der Waals surface area contributed by atoms with Crippen LogP contribution in [0.5, 0.6) is 0 Å². The predicted octanol–water partition coefficient (Wildman–Crippen LogP) is 4.44. The van der Waals surface area contributed by atoms with Gasteiger partial charge in [-0.15, -0.1) is 11.8 Å². The first kappa shape index (κ1) is 9.72. The molecular weight excluding hydrogens is 267 g/mol. The Morgan fingerprint density at radius 1 is 1.27 bits per heavy atom. The lowest BCUT2D eigenvalue weighted by molar-refractivity contribution is 1.47. The average molecular weight is 272 g/mol. The molecule has 1 aromatic carbocycles. The Balaban J connectivity index is 2.86. The van der Waals surface area contributed by atoms with Gasteiger partial charge in [-0.3, -0.25) is 0 Å². The molecule has 0 N–H and O–H groups in total. The van der Waals surface area contributed by atoms with Crippen LogP contribution in [-0.2, 0) is 0 Å². The van der Waals surface area contributed by atoms with Crippen molar-refractivity contribution in [3.63, 3.8) is 0 Å². The molecule has 0 saturated heterocycles. The fourth-order valence-corrected chi connectivity index (χ4v) is 2.28. The second-order valence-electron chi connectivity index (χ2n) is 1.83. The fraction of sp³-hybridized carbons (Fsp3) is 0.143. The van der Waals surface area contributed by atoms with Gasteiger partial charge >= 0.3 is 0 Å². The van der Waals surface area contributed by atoms with E-state index in [1.807, 2.05) is 12.1 Å². The predicted molar refractivity (Wildman–Crippen MR) is 56.1 cm³/mol. The number of alkyl halides is 1. The van der Waals surface area contributed by atoms with Crippen molar-refractivity contribution in [1.82, 2.24) is 0 Å². The lowest BCUT2D eigenvalue weighted by Crippen LogP contribution is -1.72. The summed E-state index contributed by atoms with van der Waals surface area (Å²) in [5.74, 6) is 0. The Morgan fingerprint density at radius 3 is 2.55 bits per heavy atom. The quantitative estimate of drug-likeness (QED) is 0.566. The minimum absolute atomic E-state index is 0.602. The standard InChI is InChI=1S/C7H5BrCl2S/c8-4-11-5-1-2-6(9)7(10)3-5/h1-3H,4H2. The maximum atomic E-state index is 5.79. The molecule has 0 heterocycles. The highest BCUT2D eigenvalue weighted by molar-refractivity contribution is 9.11. The first-order valence-corrected chi connectivity index (χ1v) is 5.74. The zero-order valence-electron chi connectivity index (χ0n) is 5.48. The Hall–Kier alpha value is 0.630. The van der Waals surface area contributed by atoms with Crippen molar-refractivity contribution in [3.8, 4) is 0 Å². The molecule has 4 heteroatoms. The fourth-order valence-electron chi connectivity index (χ4n) is 0.630. The van der Waals surface area contributed by atoms with Gasteiger partial charge in [-0.05, 0) is 18.2 Å². The Bertz CT molecular complexity index is 252. The van der Waals surface area contributed by atoms with E-state index in [1.54, 1.807) is 17.8 Å². The third kappa shape index (κ3) is 2.86. The van der Waals surface area contributed by atoms with Crippen LogP contribution >= 0.6 is 50.9 Å². The van der Waals surface area contributed by atoms with E-state index in [0.717, 1.165) is 9.56 Å². The van der Waals surface area contributed by atoms with E-state index < -0.39 is 0 Å². The minimum atomic E-state index is 0.602. The molecule has 0 bridgehead atoms. The molecule has 0 saturated carbocycles. The van der Waals surface area contributed by atoms with Crippen LogP contribution in [0.3, 0.4) is 0 Å².